The summed E-state index contributed by atoms with van der Waals surface area (Å²) in [4.78, 5) is 12.4. The highest BCUT2D eigenvalue weighted by atomic mass is 16.5. The molecular formula is C21H22N4O2. The van der Waals surface area contributed by atoms with Crippen LogP contribution in [0.5, 0.6) is 5.75 Å². The summed E-state index contributed by atoms with van der Waals surface area (Å²) in [6.45, 7) is 1.75. The molecule has 0 spiro atoms. The minimum Gasteiger partial charge on any atom is -0.493 e. The monoisotopic (exact) mass is 362 g/mol. The van der Waals surface area contributed by atoms with Crippen LogP contribution < -0.4 is 15.4 Å². The predicted octanol–water partition coefficient (Wildman–Crippen LogP) is 3.25. The second-order valence-electron chi connectivity index (χ2n) is 6.53. The standard InChI is InChI=1S/C21H22N4O2/c26-21(24-19-10-13-27-20-9-4-3-8-18(19)20)22-14-16-6-1-2-7-17(16)15-25-12-5-11-23-25/h1-9,11-12,19H,10,13-15H2,(H2,22,24,26)/t19-/m0/s1. The van der Waals surface area contributed by atoms with Crippen molar-refractivity contribution >= 4 is 6.03 Å². The number of hydrogen-bond donors (Lipinski definition) is 2. The van der Waals surface area contributed by atoms with E-state index in [9.17, 15) is 4.79 Å². The van der Waals surface area contributed by atoms with Gasteiger partial charge in [0.1, 0.15) is 5.75 Å². The zero-order chi connectivity index (χ0) is 18.5. The average Bonchev–Trinajstić information content (AvgIpc) is 3.21. The van der Waals surface area contributed by atoms with E-state index in [-0.39, 0.29) is 12.1 Å². The van der Waals surface area contributed by atoms with Crippen LogP contribution in [0.15, 0.2) is 67.0 Å². The number of fused-ring (bicyclic) bond motifs is 1. The van der Waals surface area contributed by atoms with Gasteiger partial charge in [0, 0.05) is 30.9 Å². The molecular weight excluding hydrogens is 340 g/mol. The van der Waals surface area contributed by atoms with Crippen molar-refractivity contribution in [1.82, 2.24) is 20.4 Å². The van der Waals surface area contributed by atoms with Crippen LogP contribution in [0.4, 0.5) is 4.79 Å². The molecule has 2 aromatic carbocycles. The molecule has 3 aromatic rings. The zero-order valence-corrected chi connectivity index (χ0v) is 15.0. The Morgan fingerprint density at radius 1 is 1.11 bits per heavy atom. The Hall–Kier alpha value is -3.28. The summed E-state index contributed by atoms with van der Waals surface area (Å²) in [5.74, 6) is 0.846. The number of para-hydroxylation sites is 1. The van der Waals surface area contributed by atoms with E-state index in [1.165, 1.54) is 0 Å². The molecule has 0 saturated carbocycles. The molecule has 4 rings (SSSR count). The van der Waals surface area contributed by atoms with Crippen LogP contribution in [0.1, 0.15) is 29.2 Å². The van der Waals surface area contributed by atoms with Crippen molar-refractivity contribution in [3.05, 3.63) is 83.7 Å². The van der Waals surface area contributed by atoms with Gasteiger partial charge in [0.2, 0.25) is 0 Å². The molecule has 1 aliphatic heterocycles. The van der Waals surface area contributed by atoms with Crippen molar-refractivity contribution in [2.75, 3.05) is 6.61 Å². The Bertz CT molecular complexity index is 908. The summed E-state index contributed by atoms with van der Waals surface area (Å²) >= 11 is 0. The molecule has 1 atom stereocenters. The summed E-state index contributed by atoms with van der Waals surface area (Å²) in [6, 6.07) is 17.6. The van der Waals surface area contributed by atoms with Crippen LogP contribution in [0.3, 0.4) is 0 Å². The third-order valence-electron chi connectivity index (χ3n) is 4.71. The zero-order valence-electron chi connectivity index (χ0n) is 15.0. The van der Waals surface area contributed by atoms with Crippen molar-refractivity contribution in [2.24, 2.45) is 0 Å². The molecule has 2 heterocycles. The Kier molecular flexibility index (Phi) is 5.05. The molecule has 6 nitrogen and oxygen atoms in total. The van der Waals surface area contributed by atoms with E-state index < -0.39 is 0 Å². The number of ether oxygens (including phenoxy) is 1. The van der Waals surface area contributed by atoms with Gasteiger partial charge < -0.3 is 15.4 Å². The Morgan fingerprint density at radius 3 is 2.78 bits per heavy atom. The van der Waals surface area contributed by atoms with Crippen LogP contribution >= 0.6 is 0 Å². The first-order chi connectivity index (χ1) is 13.3. The minimum atomic E-state index is -0.175. The molecule has 27 heavy (non-hydrogen) atoms. The van der Waals surface area contributed by atoms with Gasteiger partial charge in [0.05, 0.1) is 19.2 Å². The van der Waals surface area contributed by atoms with Gasteiger partial charge in [-0.3, -0.25) is 4.68 Å². The number of carbonyl (C=O) groups is 1. The first-order valence-electron chi connectivity index (χ1n) is 9.10. The number of benzene rings is 2. The maximum atomic E-state index is 12.4. The number of carbonyl (C=O) groups excluding carboxylic acids is 1. The van der Waals surface area contributed by atoms with Gasteiger partial charge in [0.25, 0.3) is 0 Å². The number of nitrogens with zero attached hydrogens (tertiary/aromatic N) is 2. The van der Waals surface area contributed by atoms with Crippen LogP contribution in [0.25, 0.3) is 0 Å². The fraction of sp³-hybridized carbons (Fsp3) is 0.238. The molecule has 1 aliphatic rings. The SMILES string of the molecule is O=C(NCc1ccccc1Cn1cccn1)N[C@H]1CCOc2ccccc21. The number of nitrogens with one attached hydrogen (secondary N) is 2. The Labute approximate surface area is 158 Å². The average molecular weight is 362 g/mol. The van der Waals surface area contributed by atoms with E-state index >= 15 is 0 Å². The second-order valence-corrected chi connectivity index (χ2v) is 6.53. The third kappa shape index (κ3) is 4.11. The van der Waals surface area contributed by atoms with Crippen molar-refractivity contribution in [3.8, 4) is 5.75 Å². The molecule has 0 fully saturated rings. The summed E-state index contributed by atoms with van der Waals surface area (Å²) in [5.41, 5.74) is 3.24. The van der Waals surface area contributed by atoms with E-state index in [2.05, 4.69) is 21.8 Å². The molecule has 0 radical (unpaired) electrons. The van der Waals surface area contributed by atoms with Crippen molar-refractivity contribution in [1.29, 1.82) is 0 Å². The lowest BCUT2D eigenvalue weighted by Gasteiger charge is -2.26. The minimum absolute atomic E-state index is 0.0331. The largest absolute Gasteiger partial charge is 0.493 e. The molecule has 138 valence electrons. The Balaban J connectivity index is 1.38. The molecule has 2 amide bonds. The van der Waals surface area contributed by atoms with Gasteiger partial charge in [-0.25, -0.2) is 4.79 Å². The first-order valence-corrected chi connectivity index (χ1v) is 9.10. The van der Waals surface area contributed by atoms with Crippen LogP contribution in [0, 0.1) is 0 Å². The highest BCUT2D eigenvalue weighted by Crippen LogP contribution is 2.31. The smallest absolute Gasteiger partial charge is 0.315 e. The molecule has 0 aliphatic carbocycles. The van der Waals surface area contributed by atoms with Crippen molar-refractivity contribution in [3.63, 3.8) is 0 Å². The number of rotatable bonds is 5. The molecule has 0 bridgehead atoms. The van der Waals surface area contributed by atoms with Gasteiger partial charge in [-0.15, -0.1) is 0 Å². The maximum Gasteiger partial charge on any atom is 0.315 e. The first kappa shape index (κ1) is 17.1. The second kappa shape index (κ2) is 7.95. The topological polar surface area (TPSA) is 68.2 Å². The van der Waals surface area contributed by atoms with Crippen molar-refractivity contribution < 1.29 is 9.53 Å². The fourth-order valence-electron chi connectivity index (χ4n) is 3.33. The number of aromatic nitrogens is 2. The lowest BCUT2D eigenvalue weighted by Crippen LogP contribution is -2.39. The van der Waals surface area contributed by atoms with Gasteiger partial charge in [-0.1, -0.05) is 42.5 Å². The van der Waals surface area contributed by atoms with E-state index in [0.717, 1.165) is 28.9 Å². The highest BCUT2D eigenvalue weighted by Gasteiger charge is 2.22. The number of amides is 2. The lowest BCUT2D eigenvalue weighted by molar-refractivity contribution is 0.223. The van der Waals surface area contributed by atoms with Gasteiger partial charge in [-0.2, -0.15) is 5.10 Å². The van der Waals surface area contributed by atoms with E-state index in [1.807, 2.05) is 59.4 Å². The van der Waals surface area contributed by atoms with Crippen molar-refractivity contribution in [2.45, 2.75) is 25.6 Å². The molecule has 0 unspecified atom stereocenters. The number of urea groups is 1. The highest BCUT2D eigenvalue weighted by molar-refractivity contribution is 5.74. The summed E-state index contributed by atoms with van der Waals surface area (Å²) in [5, 5.41) is 10.3. The van der Waals surface area contributed by atoms with E-state index in [0.29, 0.717) is 19.7 Å². The van der Waals surface area contributed by atoms with Crippen LogP contribution in [0.2, 0.25) is 0 Å². The maximum absolute atomic E-state index is 12.4. The normalized spacial score (nSPS) is 15.5. The summed E-state index contributed by atoms with van der Waals surface area (Å²) < 4.78 is 7.52. The number of hydrogen-bond acceptors (Lipinski definition) is 3. The predicted molar refractivity (Wildman–Crippen MR) is 102 cm³/mol. The van der Waals surface area contributed by atoms with E-state index in [1.54, 1.807) is 6.20 Å². The van der Waals surface area contributed by atoms with E-state index in [4.69, 9.17) is 4.74 Å². The Morgan fingerprint density at radius 2 is 1.93 bits per heavy atom. The third-order valence-corrected chi connectivity index (χ3v) is 4.71. The summed E-state index contributed by atoms with van der Waals surface area (Å²) in [6.07, 6.45) is 4.46. The quantitative estimate of drug-likeness (QED) is 0.732. The molecule has 6 heteroatoms. The van der Waals surface area contributed by atoms with Gasteiger partial charge >= 0.3 is 6.03 Å². The van der Waals surface area contributed by atoms with Crippen LogP contribution in [-0.2, 0) is 13.1 Å². The lowest BCUT2D eigenvalue weighted by atomic mass is 10.0. The fourth-order valence-corrected chi connectivity index (χ4v) is 3.33. The van der Waals surface area contributed by atoms with Gasteiger partial charge in [0.15, 0.2) is 0 Å². The molecule has 0 saturated heterocycles. The van der Waals surface area contributed by atoms with Crippen LogP contribution in [-0.4, -0.2) is 22.4 Å². The molecule has 2 N–H and O–H groups in total. The van der Waals surface area contributed by atoms with Gasteiger partial charge in [-0.05, 0) is 23.3 Å². The molecule has 1 aromatic heterocycles. The summed E-state index contributed by atoms with van der Waals surface area (Å²) in [7, 11) is 0.